The molecule has 7 heteroatoms. The van der Waals surface area contributed by atoms with Crippen LogP contribution in [0, 0.1) is 19.8 Å². The van der Waals surface area contributed by atoms with Crippen molar-refractivity contribution in [2.75, 3.05) is 28.6 Å². The van der Waals surface area contributed by atoms with Crippen molar-refractivity contribution in [2.45, 2.75) is 33.6 Å². The van der Waals surface area contributed by atoms with Gasteiger partial charge in [0.15, 0.2) is 0 Å². The second-order valence-corrected chi connectivity index (χ2v) is 7.49. The van der Waals surface area contributed by atoms with E-state index in [9.17, 15) is 4.79 Å². The van der Waals surface area contributed by atoms with Crippen LogP contribution in [-0.4, -0.2) is 29.3 Å². The first-order valence-corrected chi connectivity index (χ1v) is 9.06. The third-order valence-corrected chi connectivity index (χ3v) is 4.94. The number of aryl methyl sites for hydroxylation is 2. The van der Waals surface area contributed by atoms with Crippen molar-refractivity contribution in [1.82, 2.24) is 10.2 Å². The van der Waals surface area contributed by atoms with E-state index in [1.165, 1.54) is 24.2 Å². The molecule has 2 amide bonds. The Balaban J connectivity index is 1.60. The number of carbonyl (C=O) groups is 1. The first kappa shape index (κ1) is 16.7. The molecule has 0 bridgehead atoms. The zero-order valence-corrected chi connectivity index (χ0v) is 15.1. The number of piperidine rings is 1. The molecule has 1 atom stereocenters. The molecule has 0 spiro atoms. The standard InChI is InChI=1S/C17H23N5OS/c1-11-5-4-6-22(10-11)17-21-20-16(24-17)19-15(23)18-14-8-12(2)7-13(3)9-14/h7-9,11H,4-6,10H2,1-3H3,(H2,18,19,20,23)/t11-/m1/s1. The lowest BCUT2D eigenvalue weighted by molar-refractivity contribution is 0.262. The lowest BCUT2D eigenvalue weighted by atomic mass is 10.0. The van der Waals surface area contributed by atoms with E-state index in [0.717, 1.165) is 35.0 Å². The summed E-state index contributed by atoms with van der Waals surface area (Å²) in [6.07, 6.45) is 2.44. The Morgan fingerprint density at radius 3 is 2.67 bits per heavy atom. The highest BCUT2D eigenvalue weighted by atomic mass is 32.1. The number of hydrogen-bond donors (Lipinski definition) is 2. The number of nitrogens with zero attached hydrogens (tertiary/aromatic N) is 3. The third kappa shape index (κ3) is 4.23. The number of aromatic nitrogens is 2. The lowest BCUT2D eigenvalue weighted by Gasteiger charge is -2.29. The van der Waals surface area contributed by atoms with Crippen molar-refractivity contribution in [1.29, 1.82) is 0 Å². The maximum atomic E-state index is 12.1. The van der Waals surface area contributed by atoms with E-state index in [4.69, 9.17) is 0 Å². The lowest BCUT2D eigenvalue weighted by Crippen LogP contribution is -2.34. The summed E-state index contributed by atoms with van der Waals surface area (Å²) in [7, 11) is 0. The van der Waals surface area contributed by atoms with Crippen molar-refractivity contribution in [3.05, 3.63) is 29.3 Å². The Kier molecular flexibility index (Phi) is 4.99. The second kappa shape index (κ2) is 7.17. The number of carbonyl (C=O) groups excluding carboxylic acids is 1. The average Bonchev–Trinajstić information content (AvgIpc) is 2.94. The quantitative estimate of drug-likeness (QED) is 0.881. The molecule has 1 aliphatic rings. The molecule has 0 radical (unpaired) electrons. The summed E-state index contributed by atoms with van der Waals surface area (Å²) in [5.74, 6) is 0.673. The summed E-state index contributed by atoms with van der Waals surface area (Å²) >= 11 is 1.42. The van der Waals surface area contributed by atoms with Crippen molar-refractivity contribution < 1.29 is 4.79 Å². The molecule has 3 rings (SSSR count). The molecule has 1 saturated heterocycles. The first-order valence-electron chi connectivity index (χ1n) is 8.24. The van der Waals surface area contributed by atoms with Gasteiger partial charge in [0.05, 0.1) is 0 Å². The van der Waals surface area contributed by atoms with Crippen LogP contribution >= 0.6 is 11.3 Å². The summed E-state index contributed by atoms with van der Waals surface area (Å²) in [6, 6.07) is 5.65. The number of urea groups is 1. The zero-order valence-electron chi connectivity index (χ0n) is 14.3. The minimum Gasteiger partial charge on any atom is -0.346 e. The molecule has 1 fully saturated rings. The van der Waals surface area contributed by atoms with Crippen LogP contribution in [0.25, 0.3) is 0 Å². The molecular weight excluding hydrogens is 322 g/mol. The van der Waals surface area contributed by atoms with Crippen molar-refractivity contribution in [3.8, 4) is 0 Å². The Labute approximate surface area is 146 Å². The fourth-order valence-corrected chi connectivity index (χ4v) is 3.84. The second-order valence-electron chi connectivity index (χ2n) is 6.54. The molecule has 6 nitrogen and oxygen atoms in total. The maximum Gasteiger partial charge on any atom is 0.325 e. The van der Waals surface area contributed by atoms with Gasteiger partial charge in [-0.3, -0.25) is 5.32 Å². The van der Waals surface area contributed by atoms with E-state index in [-0.39, 0.29) is 6.03 Å². The van der Waals surface area contributed by atoms with Gasteiger partial charge in [0.25, 0.3) is 0 Å². The molecule has 1 aliphatic heterocycles. The van der Waals surface area contributed by atoms with Gasteiger partial charge in [0.1, 0.15) is 0 Å². The molecule has 24 heavy (non-hydrogen) atoms. The molecule has 128 valence electrons. The number of rotatable bonds is 3. The maximum absolute atomic E-state index is 12.1. The van der Waals surface area contributed by atoms with E-state index in [1.807, 2.05) is 26.0 Å². The van der Waals surface area contributed by atoms with Crippen LogP contribution in [0.4, 0.5) is 20.7 Å². The van der Waals surface area contributed by atoms with Crippen molar-refractivity contribution >= 4 is 33.3 Å². The van der Waals surface area contributed by atoms with Crippen molar-refractivity contribution in [3.63, 3.8) is 0 Å². The monoisotopic (exact) mass is 345 g/mol. The van der Waals surface area contributed by atoms with E-state index < -0.39 is 0 Å². The number of benzene rings is 1. The van der Waals surface area contributed by atoms with E-state index in [1.54, 1.807) is 0 Å². The fourth-order valence-electron chi connectivity index (χ4n) is 3.06. The van der Waals surface area contributed by atoms with Gasteiger partial charge in [-0.25, -0.2) is 4.79 Å². The summed E-state index contributed by atoms with van der Waals surface area (Å²) in [5.41, 5.74) is 3.00. The Bertz CT molecular complexity index is 709. The largest absolute Gasteiger partial charge is 0.346 e. The number of nitrogens with one attached hydrogen (secondary N) is 2. The van der Waals surface area contributed by atoms with Crippen LogP contribution in [0.15, 0.2) is 18.2 Å². The molecule has 2 aromatic rings. The highest BCUT2D eigenvalue weighted by Crippen LogP contribution is 2.28. The van der Waals surface area contributed by atoms with Gasteiger partial charge in [0.2, 0.25) is 10.3 Å². The average molecular weight is 345 g/mol. The highest BCUT2D eigenvalue weighted by Gasteiger charge is 2.20. The van der Waals surface area contributed by atoms with Gasteiger partial charge < -0.3 is 10.2 Å². The SMILES string of the molecule is Cc1cc(C)cc(NC(=O)Nc2nnc(N3CCC[C@@H](C)C3)s2)c1. The van der Waals surface area contributed by atoms with Crippen LogP contribution in [0.3, 0.4) is 0 Å². The summed E-state index contributed by atoms with van der Waals surface area (Å²) < 4.78 is 0. The van der Waals surface area contributed by atoms with Gasteiger partial charge in [-0.05, 0) is 55.9 Å². The predicted octanol–water partition coefficient (Wildman–Crippen LogP) is 4.04. The van der Waals surface area contributed by atoms with Gasteiger partial charge in [-0.15, -0.1) is 10.2 Å². The minimum atomic E-state index is -0.297. The number of anilines is 3. The third-order valence-electron chi connectivity index (χ3n) is 4.04. The van der Waals surface area contributed by atoms with Crippen LogP contribution < -0.4 is 15.5 Å². The summed E-state index contributed by atoms with van der Waals surface area (Å²) in [4.78, 5) is 14.4. The van der Waals surface area contributed by atoms with Gasteiger partial charge in [-0.1, -0.05) is 24.3 Å². The molecule has 1 aromatic heterocycles. The Morgan fingerprint density at radius 1 is 1.21 bits per heavy atom. The molecule has 1 aromatic carbocycles. The van der Waals surface area contributed by atoms with E-state index in [0.29, 0.717) is 11.0 Å². The Hall–Kier alpha value is -2.15. The van der Waals surface area contributed by atoms with Gasteiger partial charge in [-0.2, -0.15) is 0 Å². The highest BCUT2D eigenvalue weighted by molar-refractivity contribution is 7.19. The molecule has 2 N–H and O–H groups in total. The van der Waals surface area contributed by atoms with Crippen LogP contribution in [0.2, 0.25) is 0 Å². The van der Waals surface area contributed by atoms with E-state index >= 15 is 0 Å². The minimum absolute atomic E-state index is 0.297. The first-order chi connectivity index (χ1) is 11.5. The summed E-state index contributed by atoms with van der Waals surface area (Å²) in [5, 5.41) is 15.3. The number of amides is 2. The molecular formula is C17H23N5OS. The molecule has 0 saturated carbocycles. The van der Waals surface area contributed by atoms with Crippen LogP contribution in [0.5, 0.6) is 0 Å². The Morgan fingerprint density at radius 2 is 1.96 bits per heavy atom. The fraction of sp³-hybridized carbons (Fsp3) is 0.471. The zero-order chi connectivity index (χ0) is 17.1. The predicted molar refractivity (Wildman–Crippen MR) is 99.1 cm³/mol. The molecule has 0 aliphatic carbocycles. The topological polar surface area (TPSA) is 70.1 Å². The van der Waals surface area contributed by atoms with Crippen LogP contribution in [-0.2, 0) is 0 Å². The van der Waals surface area contributed by atoms with Crippen LogP contribution in [0.1, 0.15) is 30.9 Å². The number of hydrogen-bond acceptors (Lipinski definition) is 5. The molecule has 0 unspecified atom stereocenters. The van der Waals surface area contributed by atoms with Crippen molar-refractivity contribution in [2.24, 2.45) is 5.92 Å². The van der Waals surface area contributed by atoms with E-state index in [2.05, 4.69) is 38.7 Å². The van der Waals surface area contributed by atoms with Gasteiger partial charge in [0, 0.05) is 18.8 Å². The smallest absolute Gasteiger partial charge is 0.325 e. The molecule has 2 heterocycles. The van der Waals surface area contributed by atoms with Gasteiger partial charge >= 0.3 is 6.03 Å². The summed E-state index contributed by atoms with van der Waals surface area (Å²) in [6.45, 7) is 8.28. The normalized spacial score (nSPS) is 17.6.